The summed E-state index contributed by atoms with van der Waals surface area (Å²) < 4.78 is 2.23. The molecule has 1 atom stereocenters. The normalized spacial score (nSPS) is 21.9. The molecule has 0 saturated carbocycles. The smallest absolute Gasteiger partial charge is 0.105 e. The highest BCUT2D eigenvalue weighted by Gasteiger charge is 2.21. The van der Waals surface area contributed by atoms with Crippen LogP contribution in [0.25, 0.3) is 0 Å². The van der Waals surface area contributed by atoms with E-state index in [4.69, 9.17) is 5.73 Å². The Bertz CT molecular complexity index is 332. The molecule has 2 heterocycles. The van der Waals surface area contributed by atoms with Crippen LogP contribution < -0.4 is 5.73 Å². The van der Waals surface area contributed by atoms with Crippen LogP contribution in [0.15, 0.2) is 12.4 Å². The second-order valence-electron chi connectivity index (χ2n) is 4.93. The molecule has 1 unspecified atom stereocenters. The summed E-state index contributed by atoms with van der Waals surface area (Å²) in [5, 5.41) is 0. The van der Waals surface area contributed by atoms with Gasteiger partial charge in [-0.3, -0.25) is 4.90 Å². The van der Waals surface area contributed by atoms with Crippen LogP contribution in [0, 0.1) is 6.92 Å². The quantitative estimate of drug-likeness (QED) is 0.840. The molecular formula is C13H24N4. The Hall–Kier alpha value is -0.870. The summed E-state index contributed by atoms with van der Waals surface area (Å²) in [6.07, 6.45) is 9.11. The Morgan fingerprint density at radius 3 is 3.00 bits per heavy atom. The maximum Gasteiger partial charge on any atom is 0.105 e. The zero-order valence-corrected chi connectivity index (χ0v) is 10.8. The summed E-state index contributed by atoms with van der Waals surface area (Å²) in [6, 6.07) is 0.706. The van der Waals surface area contributed by atoms with Crippen LogP contribution in [0.4, 0.5) is 0 Å². The Kier molecular flexibility index (Phi) is 4.57. The zero-order valence-electron chi connectivity index (χ0n) is 10.8. The largest absolute Gasteiger partial charge is 0.334 e. The van der Waals surface area contributed by atoms with Gasteiger partial charge in [0.25, 0.3) is 0 Å². The summed E-state index contributed by atoms with van der Waals surface area (Å²) in [5.74, 6) is 1.11. The molecule has 96 valence electrons. The van der Waals surface area contributed by atoms with Gasteiger partial charge in [-0.25, -0.2) is 4.98 Å². The van der Waals surface area contributed by atoms with Crippen molar-refractivity contribution >= 4 is 0 Å². The van der Waals surface area contributed by atoms with E-state index >= 15 is 0 Å². The molecule has 0 radical (unpaired) electrons. The van der Waals surface area contributed by atoms with Crippen LogP contribution in [0.5, 0.6) is 0 Å². The summed E-state index contributed by atoms with van der Waals surface area (Å²) in [5.41, 5.74) is 5.69. The minimum atomic E-state index is 0.706. The van der Waals surface area contributed by atoms with E-state index in [0.717, 1.165) is 31.9 Å². The van der Waals surface area contributed by atoms with Gasteiger partial charge >= 0.3 is 0 Å². The average molecular weight is 236 g/mol. The highest BCUT2D eigenvalue weighted by molar-refractivity contribution is 4.89. The molecule has 1 aromatic heterocycles. The van der Waals surface area contributed by atoms with Gasteiger partial charge in [-0.2, -0.15) is 0 Å². The van der Waals surface area contributed by atoms with E-state index in [1.807, 2.05) is 6.20 Å². The second-order valence-corrected chi connectivity index (χ2v) is 4.93. The number of nitrogens with zero attached hydrogens (tertiary/aromatic N) is 3. The maximum atomic E-state index is 5.69. The molecule has 1 aromatic rings. The van der Waals surface area contributed by atoms with Gasteiger partial charge < -0.3 is 10.3 Å². The Balaban J connectivity index is 1.86. The summed E-state index contributed by atoms with van der Waals surface area (Å²) in [6.45, 7) is 6.28. The van der Waals surface area contributed by atoms with Crippen LogP contribution in [0.1, 0.15) is 31.5 Å². The van der Waals surface area contributed by atoms with Crippen LogP contribution in [0.2, 0.25) is 0 Å². The molecule has 1 aliphatic heterocycles. The molecule has 2 N–H and O–H groups in total. The van der Waals surface area contributed by atoms with Gasteiger partial charge in [-0.05, 0) is 39.3 Å². The van der Waals surface area contributed by atoms with Gasteiger partial charge in [0.15, 0.2) is 0 Å². The minimum Gasteiger partial charge on any atom is -0.334 e. The fraction of sp³-hybridized carbons (Fsp3) is 0.769. The molecule has 1 aliphatic rings. The van der Waals surface area contributed by atoms with Gasteiger partial charge in [0.05, 0.1) is 0 Å². The second kappa shape index (κ2) is 6.17. The summed E-state index contributed by atoms with van der Waals surface area (Å²) >= 11 is 0. The van der Waals surface area contributed by atoms with Gasteiger partial charge in [-0.1, -0.05) is 6.42 Å². The fourth-order valence-electron chi connectivity index (χ4n) is 2.75. The number of aromatic nitrogens is 2. The lowest BCUT2D eigenvalue weighted by Crippen LogP contribution is -2.42. The van der Waals surface area contributed by atoms with E-state index < -0.39 is 0 Å². The lowest BCUT2D eigenvalue weighted by Gasteiger charge is -2.35. The van der Waals surface area contributed by atoms with Crippen molar-refractivity contribution in [1.82, 2.24) is 14.5 Å². The monoisotopic (exact) mass is 236 g/mol. The predicted molar refractivity (Wildman–Crippen MR) is 69.8 cm³/mol. The van der Waals surface area contributed by atoms with Gasteiger partial charge in [0, 0.05) is 31.5 Å². The number of nitrogens with two attached hydrogens (primary N) is 1. The third kappa shape index (κ3) is 3.30. The van der Waals surface area contributed by atoms with Gasteiger partial charge in [-0.15, -0.1) is 0 Å². The Morgan fingerprint density at radius 2 is 2.29 bits per heavy atom. The van der Waals surface area contributed by atoms with Crippen molar-refractivity contribution in [3.05, 3.63) is 18.2 Å². The van der Waals surface area contributed by atoms with Crippen molar-refractivity contribution in [3.63, 3.8) is 0 Å². The first-order valence-electron chi connectivity index (χ1n) is 6.73. The molecule has 1 fully saturated rings. The van der Waals surface area contributed by atoms with E-state index in [1.54, 1.807) is 0 Å². The molecule has 0 spiro atoms. The Morgan fingerprint density at radius 1 is 1.41 bits per heavy atom. The van der Waals surface area contributed by atoms with E-state index in [9.17, 15) is 0 Å². The third-order valence-electron chi connectivity index (χ3n) is 3.80. The van der Waals surface area contributed by atoms with E-state index in [-0.39, 0.29) is 0 Å². The number of aryl methyl sites for hydroxylation is 1. The standard InChI is InChI=1S/C13H24N4/c1-12-15-7-9-16(12)10-11-17-8-3-2-4-13(17)5-6-14/h7,9,13H,2-6,8,10-11,14H2,1H3. The van der Waals surface area contributed by atoms with E-state index in [1.165, 1.54) is 25.8 Å². The van der Waals surface area contributed by atoms with Crippen molar-refractivity contribution in [3.8, 4) is 0 Å². The number of hydrogen-bond acceptors (Lipinski definition) is 3. The van der Waals surface area contributed by atoms with Gasteiger partial charge in [0.2, 0.25) is 0 Å². The van der Waals surface area contributed by atoms with Gasteiger partial charge in [0.1, 0.15) is 5.82 Å². The fourth-order valence-corrected chi connectivity index (χ4v) is 2.75. The van der Waals surface area contributed by atoms with Crippen molar-refractivity contribution < 1.29 is 0 Å². The zero-order chi connectivity index (χ0) is 12.1. The molecule has 0 bridgehead atoms. The number of likely N-dealkylation sites (tertiary alicyclic amines) is 1. The lowest BCUT2D eigenvalue weighted by molar-refractivity contribution is 0.136. The average Bonchev–Trinajstić information content (AvgIpc) is 2.74. The number of imidazole rings is 1. The Labute approximate surface area is 104 Å². The molecular weight excluding hydrogens is 212 g/mol. The van der Waals surface area contributed by atoms with Crippen LogP contribution in [0.3, 0.4) is 0 Å². The van der Waals surface area contributed by atoms with Crippen molar-refractivity contribution in [1.29, 1.82) is 0 Å². The number of rotatable bonds is 5. The van der Waals surface area contributed by atoms with E-state index in [0.29, 0.717) is 6.04 Å². The third-order valence-corrected chi connectivity index (χ3v) is 3.80. The molecule has 17 heavy (non-hydrogen) atoms. The summed E-state index contributed by atoms with van der Waals surface area (Å²) in [7, 11) is 0. The molecule has 0 amide bonds. The van der Waals surface area contributed by atoms with Crippen LogP contribution in [-0.2, 0) is 6.54 Å². The molecule has 0 aromatic carbocycles. The minimum absolute atomic E-state index is 0.706. The number of piperidine rings is 1. The van der Waals surface area contributed by atoms with Crippen molar-refractivity contribution in [2.75, 3.05) is 19.6 Å². The molecule has 4 nitrogen and oxygen atoms in total. The number of hydrogen-bond donors (Lipinski definition) is 1. The van der Waals surface area contributed by atoms with Crippen molar-refractivity contribution in [2.24, 2.45) is 5.73 Å². The SMILES string of the molecule is Cc1nccn1CCN1CCCCC1CCN. The maximum absolute atomic E-state index is 5.69. The lowest BCUT2D eigenvalue weighted by atomic mass is 9.99. The topological polar surface area (TPSA) is 47.1 Å². The molecule has 1 saturated heterocycles. The van der Waals surface area contributed by atoms with Crippen LogP contribution >= 0.6 is 0 Å². The first-order valence-corrected chi connectivity index (χ1v) is 6.73. The summed E-state index contributed by atoms with van der Waals surface area (Å²) in [4.78, 5) is 6.87. The first-order chi connectivity index (χ1) is 8.31. The molecule has 2 rings (SSSR count). The first kappa shape index (κ1) is 12.6. The molecule has 4 heteroatoms. The van der Waals surface area contributed by atoms with E-state index in [2.05, 4.69) is 27.6 Å². The predicted octanol–water partition coefficient (Wildman–Crippen LogP) is 1.39. The van der Waals surface area contributed by atoms with Crippen molar-refractivity contribution in [2.45, 2.75) is 45.2 Å². The van der Waals surface area contributed by atoms with Crippen LogP contribution in [-0.4, -0.2) is 40.1 Å². The highest BCUT2D eigenvalue weighted by Crippen LogP contribution is 2.19. The highest BCUT2D eigenvalue weighted by atomic mass is 15.2. The molecule has 0 aliphatic carbocycles.